The lowest BCUT2D eigenvalue weighted by molar-refractivity contribution is -0.375. The maximum atomic E-state index is 11.9. The third kappa shape index (κ3) is 2.98. The first kappa shape index (κ1) is 17.2. The summed E-state index contributed by atoms with van der Waals surface area (Å²) in [6.07, 6.45) is 5.71. The maximum absolute atomic E-state index is 11.9. The third-order valence-electron chi connectivity index (χ3n) is 3.91. The van der Waals surface area contributed by atoms with E-state index in [-0.39, 0.29) is 24.4 Å². The number of aromatic nitrogens is 2. The first-order chi connectivity index (χ1) is 11.3. The Morgan fingerprint density at radius 1 is 1.54 bits per heavy atom. The van der Waals surface area contributed by atoms with Gasteiger partial charge < -0.3 is 15.4 Å². The van der Waals surface area contributed by atoms with Crippen LogP contribution in [-0.4, -0.2) is 45.7 Å². The van der Waals surface area contributed by atoms with Gasteiger partial charge in [0.1, 0.15) is 5.69 Å². The third-order valence-corrected chi connectivity index (χ3v) is 3.91. The van der Waals surface area contributed by atoms with Gasteiger partial charge in [0.05, 0.1) is 30.2 Å². The van der Waals surface area contributed by atoms with Crippen molar-refractivity contribution in [2.24, 2.45) is 5.73 Å². The van der Waals surface area contributed by atoms with Crippen LogP contribution in [0.4, 0.5) is 4.79 Å². The van der Waals surface area contributed by atoms with E-state index in [2.05, 4.69) is 14.9 Å². The largest absolute Gasteiger partial charge is 0.469 e. The highest BCUT2D eigenvalue weighted by atomic mass is 16.6. The van der Waals surface area contributed by atoms with E-state index in [1.165, 1.54) is 30.4 Å². The zero-order valence-corrected chi connectivity index (χ0v) is 13.2. The van der Waals surface area contributed by atoms with Gasteiger partial charge in [-0.15, -0.1) is 0 Å². The standard InChI is InChI=1S/C14H17N5O5/c1-14(18(13(15)21)7-5-11(20)24-2)6-3-4-10(19(22)23)12-9(14)8-16-17-12/h3-4,6,8H,5,7H2,1-2H3,(H2,15,21)(H,16,17). The molecule has 1 unspecified atom stereocenters. The topological polar surface area (TPSA) is 144 Å². The molecule has 0 fully saturated rings. The highest BCUT2D eigenvalue weighted by Gasteiger charge is 2.40. The molecule has 24 heavy (non-hydrogen) atoms. The van der Waals surface area contributed by atoms with Crippen molar-refractivity contribution >= 4 is 17.7 Å². The molecule has 10 heteroatoms. The molecule has 0 saturated carbocycles. The molecule has 1 aliphatic rings. The number of hydrogen-bond acceptors (Lipinski definition) is 6. The van der Waals surface area contributed by atoms with E-state index in [0.717, 1.165) is 0 Å². The van der Waals surface area contributed by atoms with E-state index >= 15 is 0 Å². The molecule has 2 amide bonds. The van der Waals surface area contributed by atoms with Gasteiger partial charge in [-0.1, -0.05) is 12.2 Å². The van der Waals surface area contributed by atoms with Crippen molar-refractivity contribution in [1.82, 2.24) is 15.1 Å². The molecule has 0 aromatic carbocycles. The number of primary amides is 1. The molecular formula is C14H17N5O5. The van der Waals surface area contributed by atoms with Gasteiger partial charge in [0.2, 0.25) is 0 Å². The van der Waals surface area contributed by atoms with Crippen molar-refractivity contribution < 1.29 is 19.2 Å². The molecule has 128 valence electrons. The van der Waals surface area contributed by atoms with Crippen LogP contribution in [0, 0.1) is 10.1 Å². The second-order valence-corrected chi connectivity index (χ2v) is 5.29. The van der Waals surface area contributed by atoms with Crippen molar-refractivity contribution in [3.05, 3.63) is 45.8 Å². The number of hydrogen-bond donors (Lipinski definition) is 2. The lowest BCUT2D eigenvalue weighted by Crippen LogP contribution is -2.50. The van der Waals surface area contributed by atoms with Crippen molar-refractivity contribution in [1.29, 1.82) is 0 Å². The van der Waals surface area contributed by atoms with Gasteiger partial charge in [0.15, 0.2) is 0 Å². The SMILES string of the molecule is COC(=O)CCN(C(N)=O)C1(C)C=CC=C([N+](=O)[O-])c2[nH]ncc21. The van der Waals surface area contributed by atoms with Crippen molar-refractivity contribution in [2.75, 3.05) is 13.7 Å². The molecule has 0 bridgehead atoms. The second-order valence-electron chi connectivity index (χ2n) is 5.29. The number of urea groups is 1. The summed E-state index contributed by atoms with van der Waals surface area (Å²) in [4.78, 5) is 35.3. The van der Waals surface area contributed by atoms with Gasteiger partial charge >= 0.3 is 12.0 Å². The van der Waals surface area contributed by atoms with Gasteiger partial charge in [-0.3, -0.25) is 20.0 Å². The predicted octanol–water partition coefficient (Wildman–Crippen LogP) is 0.756. The number of fused-ring (bicyclic) bond motifs is 1. The Kier molecular flexibility index (Phi) is 4.67. The number of amides is 2. The highest BCUT2D eigenvalue weighted by molar-refractivity contribution is 5.76. The quantitative estimate of drug-likeness (QED) is 0.461. The number of aromatic amines is 1. The normalized spacial score (nSPS) is 19.0. The Hall–Kier alpha value is -3.17. The number of nitrogens with zero attached hydrogens (tertiary/aromatic N) is 3. The number of methoxy groups -OCH3 is 1. The van der Waals surface area contributed by atoms with Crippen LogP contribution in [0.3, 0.4) is 0 Å². The molecule has 3 N–H and O–H groups in total. The maximum Gasteiger partial charge on any atom is 0.315 e. The number of H-pyrrole nitrogens is 1. The molecule has 10 nitrogen and oxygen atoms in total. The summed E-state index contributed by atoms with van der Waals surface area (Å²) in [5.74, 6) is -0.501. The number of nitro groups is 1. The van der Waals surface area contributed by atoms with E-state index < -0.39 is 22.5 Å². The Bertz CT molecular complexity index is 738. The summed E-state index contributed by atoms with van der Waals surface area (Å²) in [7, 11) is 1.24. The lowest BCUT2D eigenvalue weighted by Gasteiger charge is -2.37. The summed E-state index contributed by atoms with van der Waals surface area (Å²) < 4.78 is 4.57. The van der Waals surface area contributed by atoms with Crippen LogP contribution in [-0.2, 0) is 15.1 Å². The minimum Gasteiger partial charge on any atom is -0.469 e. The number of esters is 1. The first-order valence-corrected chi connectivity index (χ1v) is 7.03. The van der Waals surface area contributed by atoms with Crippen LogP contribution < -0.4 is 5.73 Å². The fraction of sp³-hybridized carbons (Fsp3) is 0.357. The van der Waals surface area contributed by atoms with Gasteiger partial charge in [-0.2, -0.15) is 5.10 Å². The summed E-state index contributed by atoms with van der Waals surface area (Å²) in [6.45, 7) is 1.65. The number of nitrogens with one attached hydrogen (secondary N) is 1. The fourth-order valence-corrected chi connectivity index (χ4v) is 2.63. The zero-order valence-electron chi connectivity index (χ0n) is 13.2. The van der Waals surface area contributed by atoms with Gasteiger partial charge in [0.25, 0.3) is 5.70 Å². The first-order valence-electron chi connectivity index (χ1n) is 7.03. The number of rotatable bonds is 5. The number of ether oxygens (including phenoxy) is 1. The minimum absolute atomic E-state index is 0.0126. The lowest BCUT2D eigenvalue weighted by atomic mass is 9.90. The average Bonchev–Trinajstić information content (AvgIpc) is 2.95. The number of carbonyl (C=O) groups excluding carboxylic acids is 2. The molecule has 1 aromatic heterocycles. The molecular weight excluding hydrogens is 318 g/mol. The summed E-state index contributed by atoms with van der Waals surface area (Å²) >= 11 is 0. The van der Waals surface area contributed by atoms with Gasteiger partial charge in [0, 0.05) is 18.2 Å². The van der Waals surface area contributed by atoms with Crippen molar-refractivity contribution in [3.63, 3.8) is 0 Å². The van der Waals surface area contributed by atoms with Crippen molar-refractivity contribution in [3.8, 4) is 0 Å². The predicted molar refractivity (Wildman–Crippen MR) is 83.0 cm³/mol. The molecule has 1 aromatic rings. The number of allylic oxidation sites excluding steroid dienone is 2. The number of nitrogens with two attached hydrogens (primary N) is 1. The Morgan fingerprint density at radius 3 is 2.83 bits per heavy atom. The van der Waals surface area contributed by atoms with Crippen LogP contribution in [0.25, 0.3) is 5.70 Å². The fourth-order valence-electron chi connectivity index (χ4n) is 2.63. The molecule has 0 radical (unpaired) electrons. The van der Waals surface area contributed by atoms with Crippen LogP contribution in [0.1, 0.15) is 24.6 Å². The Morgan fingerprint density at radius 2 is 2.25 bits per heavy atom. The summed E-state index contributed by atoms with van der Waals surface area (Å²) in [5.41, 5.74) is 4.76. The molecule has 1 atom stereocenters. The van der Waals surface area contributed by atoms with Crippen molar-refractivity contribution in [2.45, 2.75) is 18.9 Å². The van der Waals surface area contributed by atoms with E-state index in [4.69, 9.17) is 5.73 Å². The van der Waals surface area contributed by atoms with E-state index in [0.29, 0.717) is 5.56 Å². The Labute approximate surface area is 137 Å². The van der Waals surface area contributed by atoms with E-state index in [9.17, 15) is 19.7 Å². The average molecular weight is 335 g/mol. The van der Waals surface area contributed by atoms with Gasteiger partial charge in [-0.25, -0.2) is 4.79 Å². The second kappa shape index (κ2) is 6.52. The molecule has 0 saturated heterocycles. The summed E-state index contributed by atoms with van der Waals surface area (Å²) in [5, 5.41) is 17.7. The molecule has 1 heterocycles. The van der Waals surface area contributed by atoms with E-state index in [1.54, 1.807) is 13.0 Å². The monoisotopic (exact) mass is 335 g/mol. The van der Waals surface area contributed by atoms with Crippen LogP contribution in [0.2, 0.25) is 0 Å². The highest BCUT2D eigenvalue weighted by Crippen LogP contribution is 2.36. The molecule has 0 spiro atoms. The summed E-state index contributed by atoms with van der Waals surface area (Å²) in [6, 6.07) is -0.775. The van der Waals surface area contributed by atoms with Crippen LogP contribution >= 0.6 is 0 Å². The number of carbonyl (C=O) groups is 2. The molecule has 0 aliphatic heterocycles. The minimum atomic E-state index is -1.11. The molecule has 1 aliphatic carbocycles. The van der Waals surface area contributed by atoms with Crippen LogP contribution in [0.5, 0.6) is 0 Å². The van der Waals surface area contributed by atoms with E-state index in [1.807, 2.05) is 0 Å². The van der Waals surface area contributed by atoms with Gasteiger partial charge in [-0.05, 0) is 6.92 Å². The Balaban J connectivity index is 2.46. The van der Waals surface area contributed by atoms with Crippen LogP contribution in [0.15, 0.2) is 24.4 Å². The molecule has 2 rings (SSSR count). The smallest absolute Gasteiger partial charge is 0.315 e. The zero-order chi connectivity index (χ0) is 17.9.